The number of hydrogen-bond donors (Lipinski definition) is 1. The number of para-hydroxylation sites is 1. The number of aromatic amines is 1. The Bertz CT molecular complexity index is 1350. The van der Waals surface area contributed by atoms with E-state index in [2.05, 4.69) is 9.97 Å². The topological polar surface area (TPSA) is 81.3 Å². The molecule has 0 aliphatic heterocycles. The summed E-state index contributed by atoms with van der Waals surface area (Å²) in [5, 5.41) is 1.03. The first kappa shape index (κ1) is 22.7. The fraction of sp³-hybridized carbons (Fsp3) is 0.107. The predicted molar refractivity (Wildman–Crippen MR) is 133 cm³/mol. The van der Waals surface area contributed by atoms with E-state index in [1.54, 1.807) is 43.7 Å². The molecule has 2 aromatic heterocycles. The molecule has 0 aliphatic rings. The largest absolute Gasteiger partial charge is 0.496 e. The summed E-state index contributed by atoms with van der Waals surface area (Å²) >= 11 is 0. The molecule has 6 nitrogen and oxygen atoms in total. The maximum absolute atomic E-state index is 12.3. The third-order valence-electron chi connectivity index (χ3n) is 5.19. The first-order chi connectivity index (χ1) is 16.6. The van der Waals surface area contributed by atoms with E-state index in [0.29, 0.717) is 23.7 Å². The second-order valence-electron chi connectivity index (χ2n) is 7.58. The van der Waals surface area contributed by atoms with Crippen molar-refractivity contribution in [3.8, 4) is 11.5 Å². The normalized spacial score (nSPS) is 11.3. The third-order valence-corrected chi connectivity index (χ3v) is 5.19. The molecule has 2 heterocycles. The number of benzene rings is 2. The smallest absolute Gasteiger partial charge is 0.163 e. The van der Waals surface area contributed by atoms with Crippen LogP contribution in [0.3, 0.4) is 0 Å². The monoisotopic (exact) mass is 452 g/mol. The average molecular weight is 453 g/mol. The second kappa shape index (κ2) is 10.9. The first-order valence-corrected chi connectivity index (χ1v) is 10.8. The number of ether oxygens (including phenoxy) is 2. The van der Waals surface area contributed by atoms with Crippen molar-refractivity contribution in [1.29, 1.82) is 0 Å². The van der Waals surface area contributed by atoms with Crippen molar-refractivity contribution in [2.24, 2.45) is 0 Å². The van der Waals surface area contributed by atoms with Gasteiger partial charge in [0.15, 0.2) is 11.6 Å². The number of rotatable bonds is 10. The molecule has 0 bridgehead atoms. The molecule has 34 heavy (non-hydrogen) atoms. The second-order valence-corrected chi connectivity index (χ2v) is 7.58. The number of methoxy groups -OCH3 is 1. The molecule has 0 amide bonds. The van der Waals surface area contributed by atoms with Gasteiger partial charge in [-0.25, -0.2) is 0 Å². The van der Waals surface area contributed by atoms with Crippen molar-refractivity contribution in [3.05, 3.63) is 102 Å². The van der Waals surface area contributed by atoms with Crippen LogP contribution in [-0.4, -0.2) is 28.6 Å². The van der Waals surface area contributed by atoms with Crippen LogP contribution in [0.15, 0.2) is 85.2 Å². The molecule has 0 radical (unpaired) electrons. The summed E-state index contributed by atoms with van der Waals surface area (Å²) < 4.78 is 11.2. The lowest BCUT2D eigenvalue weighted by Gasteiger charge is -2.09. The number of H-pyrrole nitrogens is 1. The molecule has 170 valence electrons. The summed E-state index contributed by atoms with van der Waals surface area (Å²) in [7, 11) is 1.55. The maximum Gasteiger partial charge on any atom is 0.163 e. The van der Waals surface area contributed by atoms with Crippen molar-refractivity contribution in [3.63, 3.8) is 0 Å². The van der Waals surface area contributed by atoms with Gasteiger partial charge in [0, 0.05) is 34.9 Å². The van der Waals surface area contributed by atoms with E-state index >= 15 is 0 Å². The van der Waals surface area contributed by atoms with Crippen molar-refractivity contribution in [2.75, 3.05) is 7.11 Å². The van der Waals surface area contributed by atoms with Crippen LogP contribution in [0.2, 0.25) is 0 Å². The van der Waals surface area contributed by atoms with Crippen LogP contribution in [0.25, 0.3) is 23.1 Å². The number of carbonyl (C=O) groups excluding carboxylic acids is 2. The number of allylic oxidation sites excluding steroid dienone is 2. The van der Waals surface area contributed by atoms with Gasteiger partial charge in [-0.3, -0.25) is 14.6 Å². The molecule has 0 saturated heterocycles. The number of hydrogen-bond acceptors (Lipinski definition) is 5. The molecule has 1 N–H and O–H groups in total. The van der Waals surface area contributed by atoms with Crippen molar-refractivity contribution < 1.29 is 19.1 Å². The Balaban J connectivity index is 1.34. The zero-order valence-electron chi connectivity index (χ0n) is 18.7. The minimum atomic E-state index is -0.286. The van der Waals surface area contributed by atoms with Crippen LogP contribution in [0.1, 0.15) is 23.2 Å². The third kappa shape index (κ3) is 5.86. The number of nitrogens with zero attached hydrogens (tertiary/aromatic N) is 1. The lowest BCUT2D eigenvalue weighted by atomic mass is 10.1. The quantitative estimate of drug-likeness (QED) is 0.257. The van der Waals surface area contributed by atoms with E-state index in [0.717, 1.165) is 22.2 Å². The Morgan fingerprint density at radius 3 is 2.47 bits per heavy atom. The van der Waals surface area contributed by atoms with E-state index in [1.807, 2.05) is 48.7 Å². The Morgan fingerprint density at radius 2 is 1.71 bits per heavy atom. The summed E-state index contributed by atoms with van der Waals surface area (Å²) in [6.07, 6.45) is 9.55. The molecule has 0 fully saturated rings. The summed E-state index contributed by atoms with van der Waals surface area (Å²) in [4.78, 5) is 31.9. The van der Waals surface area contributed by atoms with Crippen molar-refractivity contribution in [2.45, 2.75) is 13.0 Å². The van der Waals surface area contributed by atoms with Crippen LogP contribution in [0.5, 0.6) is 11.5 Å². The van der Waals surface area contributed by atoms with Gasteiger partial charge < -0.3 is 14.5 Å². The highest BCUT2D eigenvalue weighted by Gasteiger charge is 2.07. The molecule has 4 aromatic rings. The standard InChI is InChI=1S/C28H24N2O4/c1-33-28-17-25(34-19-22-6-4-5-15-29-22)14-11-20(28)9-12-23(31)16-24(32)13-10-21-18-30-27-8-3-2-7-26(21)27/h2-15,17-18,30H,16,19H2,1H3/b12-9+,13-10+. The number of nitrogens with one attached hydrogen (secondary N) is 1. The number of ketones is 2. The molecule has 4 rings (SSSR count). The lowest BCUT2D eigenvalue weighted by Crippen LogP contribution is -2.02. The highest BCUT2D eigenvalue weighted by atomic mass is 16.5. The fourth-order valence-electron chi connectivity index (χ4n) is 3.45. The average Bonchev–Trinajstić information content (AvgIpc) is 3.29. The summed E-state index contributed by atoms with van der Waals surface area (Å²) in [5.41, 5.74) is 3.43. The molecular formula is C28H24N2O4. The predicted octanol–water partition coefficient (Wildman–Crippen LogP) is 5.41. The molecule has 0 aliphatic carbocycles. The van der Waals surface area contributed by atoms with Crippen LogP contribution in [0.4, 0.5) is 0 Å². The van der Waals surface area contributed by atoms with E-state index in [1.165, 1.54) is 12.2 Å². The zero-order chi connectivity index (χ0) is 23.8. The molecule has 0 atom stereocenters. The zero-order valence-corrected chi connectivity index (χ0v) is 18.7. The minimum Gasteiger partial charge on any atom is -0.496 e. The van der Waals surface area contributed by atoms with Crippen LogP contribution in [0, 0.1) is 0 Å². The number of carbonyl (C=O) groups is 2. The van der Waals surface area contributed by atoms with Crippen LogP contribution in [-0.2, 0) is 16.2 Å². The van der Waals surface area contributed by atoms with Gasteiger partial charge in [-0.2, -0.15) is 0 Å². The SMILES string of the molecule is COc1cc(OCc2ccccn2)ccc1/C=C/C(=O)CC(=O)/C=C/c1c[nH]c2ccccc12. The molecular weight excluding hydrogens is 428 g/mol. The number of pyridine rings is 1. The van der Waals surface area contributed by atoms with Gasteiger partial charge in [0.1, 0.15) is 18.1 Å². The summed E-state index contributed by atoms with van der Waals surface area (Å²) in [6.45, 7) is 0.339. The van der Waals surface area contributed by atoms with E-state index in [4.69, 9.17) is 9.47 Å². The van der Waals surface area contributed by atoms with Gasteiger partial charge >= 0.3 is 0 Å². The molecule has 2 aromatic carbocycles. The van der Waals surface area contributed by atoms with E-state index in [-0.39, 0.29) is 18.0 Å². The highest BCUT2D eigenvalue weighted by molar-refractivity contribution is 6.11. The fourth-order valence-corrected chi connectivity index (χ4v) is 3.45. The molecule has 0 unspecified atom stereocenters. The Labute approximate surface area is 197 Å². The van der Waals surface area contributed by atoms with Gasteiger partial charge in [0.05, 0.1) is 19.2 Å². The first-order valence-electron chi connectivity index (χ1n) is 10.8. The van der Waals surface area contributed by atoms with E-state index < -0.39 is 0 Å². The van der Waals surface area contributed by atoms with Gasteiger partial charge in [-0.05, 0) is 60.2 Å². The van der Waals surface area contributed by atoms with Crippen LogP contribution < -0.4 is 9.47 Å². The molecule has 6 heteroatoms. The Morgan fingerprint density at radius 1 is 0.941 bits per heavy atom. The Kier molecular flexibility index (Phi) is 7.30. The maximum atomic E-state index is 12.3. The van der Waals surface area contributed by atoms with E-state index in [9.17, 15) is 9.59 Å². The summed E-state index contributed by atoms with van der Waals surface area (Å²) in [6, 6.07) is 18.8. The van der Waals surface area contributed by atoms with Crippen LogP contribution >= 0.6 is 0 Å². The number of fused-ring (bicyclic) bond motifs is 1. The Hall–Kier alpha value is -4.45. The molecule has 0 spiro atoms. The van der Waals surface area contributed by atoms with Crippen molar-refractivity contribution >= 4 is 34.6 Å². The van der Waals surface area contributed by atoms with Gasteiger partial charge in [-0.1, -0.05) is 24.3 Å². The van der Waals surface area contributed by atoms with Gasteiger partial charge in [0.2, 0.25) is 0 Å². The van der Waals surface area contributed by atoms with Gasteiger partial charge in [0.25, 0.3) is 0 Å². The van der Waals surface area contributed by atoms with Gasteiger partial charge in [-0.15, -0.1) is 0 Å². The highest BCUT2D eigenvalue weighted by Crippen LogP contribution is 2.26. The minimum absolute atomic E-state index is 0.205. The lowest BCUT2D eigenvalue weighted by molar-refractivity contribution is -0.121. The van der Waals surface area contributed by atoms with Crippen molar-refractivity contribution in [1.82, 2.24) is 9.97 Å². The summed E-state index contributed by atoms with van der Waals surface area (Å²) in [5.74, 6) is 0.646. The molecule has 0 saturated carbocycles. The number of aromatic nitrogens is 2.